The van der Waals surface area contributed by atoms with E-state index in [1.807, 2.05) is 0 Å². The Bertz CT molecular complexity index is 664. The second-order valence-electron chi connectivity index (χ2n) is 4.33. The Morgan fingerprint density at radius 3 is 2.90 bits per heavy atom. The topological polar surface area (TPSA) is 71.8 Å². The largest absolute Gasteiger partial charge is 0.481 e. The molecule has 1 N–H and O–H groups in total. The minimum Gasteiger partial charge on any atom is -0.481 e. The SMILES string of the molecule is CN1C(=O)COc2cccc(NC(=O)c3ccco3)c21. The number of anilines is 2. The summed E-state index contributed by atoms with van der Waals surface area (Å²) in [5.41, 5.74) is 1.04. The van der Waals surface area contributed by atoms with Crippen LogP contribution < -0.4 is 15.0 Å². The van der Waals surface area contributed by atoms with E-state index in [9.17, 15) is 9.59 Å². The Labute approximate surface area is 114 Å². The van der Waals surface area contributed by atoms with Crippen molar-refractivity contribution >= 4 is 23.2 Å². The predicted octanol–water partition coefficient (Wildman–Crippen LogP) is 1.89. The van der Waals surface area contributed by atoms with Gasteiger partial charge in [-0.3, -0.25) is 9.59 Å². The summed E-state index contributed by atoms with van der Waals surface area (Å²) in [5.74, 6) is 0.213. The van der Waals surface area contributed by atoms with Gasteiger partial charge in [-0.05, 0) is 24.3 Å². The van der Waals surface area contributed by atoms with Crippen LogP contribution in [-0.4, -0.2) is 25.5 Å². The number of amides is 2. The van der Waals surface area contributed by atoms with E-state index in [0.29, 0.717) is 17.1 Å². The first-order chi connectivity index (χ1) is 9.66. The van der Waals surface area contributed by atoms with Crippen LogP contribution in [0.15, 0.2) is 41.0 Å². The number of carbonyl (C=O) groups excluding carboxylic acids is 2. The van der Waals surface area contributed by atoms with E-state index >= 15 is 0 Å². The van der Waals surface area contributed by atoms with Crippen molar-refractivity contribution in [2.24, 2.45) is 0 Å². The van der Waals surface area contributed by atoms with E-state index < -0.39 is 0 Å². The predicted molar refractivity (Wildman–Crippen MR) is 72.0 cm³/mol. The van der Waals surface area contributed by atoms with Crippen molar-refractivity contribution < 1.29 is 18.7 Å². The summed E-state index contributed by atoms with van der Waals surface area (Å²) in [7, 11) is 1.65. The van der Waals surface area contributed by atoms with E-state index in [-0.39, 0.29) is 24.2 Å². The Hall–Kier alpha value is -2.76. The molecule has 0 radical (unpaired) electrons. The molecule has 2 amide bonds. The van der Waals surface area contributed by atoms with Crippen LogP contribution in [0.2, 0.25) is 0 Å². The van der Waals surface area contributed by atoms with Crippen molar-refractivity contribution in [3.05, 3.63) is 42.4 Å². The van der Waals surface area contributed by atoms with Crippen LogP contribution >= 0.6 is 0 Å². The summed E-state index contributed by atoms with van der Waals surface area (Å²) in [6.07, 6.45) is 1.42. The van der Waals surface area contributed by atoms with Crippen LogP contribution in [0.1, 0.15) is 10.6 Å². The fraction of sp³-hybridized carbons (Fsp3) is 0.143. The first-order valence-corrected chi connectivity index (χ1v) is 6.04. The Morgan fingerprint density at radius 2 is 2.15 bits per heavy atom. The Kier molecular flexibility index (Phi) is 2.90. The van der Waals surface area contributed by atoms with E-state index in [4.69, 9.17) is 9.15 Å². The van der Waals surface area contributed by atoms with Gasteiger partial charge in [-0.15, -0.1) is 0 Å². The van der Waals surface area contributed by atoms with Crippen molar-refractivity contribution in [3.63, 3.8) is 0 Å². The second-order valence-corrected chi connectivity index (χ2v) is 4.33. The van der Waals surface area contributed by atoms with Gasteiger partial charge in [-0.2, -0.15) is 0 Å². The monoisotopic (exact) mass is 272 g/mol. The van der Waals surface area contributed by atoms with Crippen molar-refractivity contribution in [1.29, 1.82) is 0 Å². The molecule has 20 heavy (non-hydrogen) atoms. The van der Waals surface area contributed by atoms with Crippen LogP contribution in [0.3, 0.4) is 0 Å². The van der Waals surface area contributed by atoms with Gasteiger partial charge in [0.15, 0.2) is 12.4 Å². The molecule has 1 aliphatic heterocycles. The van der Waals surface area contributed by atoms with E-state index in [2.05, 4.69) is 5.32 Å². The lowest BCUT2D eigenvalue weighted by Gasteiger charge is -2.28. The number of nitrogens with one attached hydrogen (secondary N) is 1. The molecule has 0 spiro atoms. The number of carbonyl (C=O) groups is 2. The third kappa shape index (κ3) is 2.01. The average molecular weight is 272 g/mol. The van der Waals surface area contributed by atoms with E-state index in [1.54, 1.807) is 37.4 Å². The zero-order valence-corrected chi connectivity index (χ0v) is 10.8. The molecular formula is C14H12N2O4. The van der Waals surface area contributed by atoms with Crippen molar-refractivity contribution in [1.82, 2.24) is 0 Å². The summed E-state index contributed by atoms with van der Waals surface area (Å²) in [6, 6.07) is 8.41. The van der Waals surface area contributed by atoms with Crippen LogP contribution in [0.5, 0.6) is 5.75 Å². The van der Waals surface area contributed by atoms with Crippen molar-refractivity contribution in [2.75, 3.05) is 23.9 Å². The van der Waals surface area contributed by atoms with Crippen molar-refractivity contribution in [2.45, 2.75) is 0 Å². The number of furan rings is 1. The van der Waals surface area contributed by atoms with Crippen LogP contribution in [0.25, 0.3) is 0 Å². The van der Waals surface area contributed by atoms with Gasteiger partial charge in [0.1, 0.15) is 11.4 Å². The summed E-state index contributed by atoms with van der Waals surface area (Å²) < 4.78 is 10.4. The first-order valence-electron chi connectivity index (χ1n) is 6.04. The van der Waals surface area contributed by atoms with Crippen LogP contribution in [0.4, 0.5) is 11.4 Å². The molecular weight excluding hydrogens is 260 g/mol. The quantitative estimate of drug-likeness (QED) is 0.906. The summed E-state index contributed by atoms with van der Waals surface area (Å²) in [6.45, 7) is -0.000909. The van der Waals surface area contributed by atoms with Crippen LogP contribution in [0, 0.1) is 0 Å². The molecule has 0 aliphatic carbocycles. The highest BCUT2D eigenvalue weighted by molar-refractivity contribution is 6.08. The number of likely N-dealkylation sites (N-methyl/N-ethyl adjacent to an activating group) is 1. The van der Waals surface area contributed by atoms with Gasteiger partial charge in [0.05, 0.1) is 12.0 Å². The fourth-order valence-electron chi connectivity index (χ4n) is 2.04. The highest BCUT2D eigenvalue weighted by atomic mass is 16.5. The zero-order chi connectivity index (χ0) is 14.1. The van der Waals surface area contributed by atoms with Gasteiger partial charge in [-0.25, -0.2) is 0 Å². The van der Waals surface area contributed by atoms with E-state index in [0.717, 1.165) is 0 Å². The number of hydrogen-bond acceptors (Lipinski definition) is 4. The summed E-state index contributed by atoms with van der Waals surface area (Å²) in [5, 5.41) is 2.72. The smallest absolute Gasteiger partial charge is 0.291 e. The molecule has 0 saturated heterocycles. The third-order valence-electron chi connectivity index (χ3n) is 3.05. The normalized spacial score (nSPS) is 13.7. The minimum absolute atomic E-state index is 0.000909. The summed E-state index contributed by atoms with van der Waals surface area (Å²) in [4.78, 5) is 25.2. The number of hydrogen-bond donors (Lipinski definition) is 1. The number of para-hydroxylation sites is 1. The molecule has 2 heterocycles. The molecule has 3 rings (SSSR count). The lowest BCUT2D eigenvalue weighted by Crippen LogP contribution is -2.36. The molecule has 0 atom stereocenters. The Balaban J connectivity index is 1.95. The van der Waals surface area contributed by atoms with Gasteiger partial charge < -0.3 is 19.4 Å². The third-order valence-corrected chi connectivity index (χ3v) is 3.05. The lowest BCUT2D eigenvalue weighted by atomic mass is 10.2. The fourth-order valence-corrected chi connectivity index (χ4v) is 2.04. The highest BCUT2D eigenvalue weighted by Crippen LogP contribution is 2.38. The molecule has 102 valence electrons. The standard InChI is InChI=1S/C14H12N2O4/c1-16-12(17)8-20-10-5-2-4-9(13(10)16)15-14(18)11-6-3-7-19-11/h2-7H,8H2,1H3,(H,15,18). The molecule has 0 saturated carbocycles. The minimum atomic E-state index is -0.380. The molecule has 1 aromatic carbocycles. The highest BCUT2D eigenvalue weighted by Gasteiger charge is 2.26. The molecule has 1 aliphatic rings. The maximum absolute atomic E-state index is 12.0. The maximum Gasteiger partial charge on any atom is 0.291 e. The molecule has 1 aromatic heterocycles. The number of fused-ring (bicyclic) bond motifs is 1. The molecule has 2 aromatic rings. The summed E-state index contributed by atoms with van der Waals surface area (Å²) >= 11 is 0. The van der Waals surface area contributed by atoms with Gasteiger partial charge in [0.2, 0.25) is 0 Å². The van der Waals surface area contributed by atoms with E-state index in [1.165, 1.54) is 11.2 Å². The molecule has 6 nitrogen and oxygen atoms in total. The molecule has 6 heteroatoms. The molecule has 0 fully saturated rings. The molecule has 0 unspecified atom stereocenters. The Morgan fingerprint density at radius 1 is 1.30 bits per heavy atom. The molecule has 0 bridgehead atoms. The maximum atomic E-state index is 12.0. The number of benzene rings is 1. The van der Waals surface area contributed by atoms with Gasteiger partial charge in [-0.1, -0.05) is 6.07 Å². The average Bonchev–Trinajstić information content (AvgIpc) is 2.97. The van der Waals surface area contributed by atoms with Gasteiger partial charge >= 0.3 is 0 Å². The number of nitrogens with zero attached hydrogens (tertiary/aromatic N) is 1. The van der Waals surface area contributed by atoms with Gasteiger partial charge in [0, 0.05) is 7.05 Å². The number of rotatable bonds is 2. The van der Waals surface area contributed by atoms with Gasteiger partial charge in [0.25, 0.3) is 11.8 Å². The zero-order valence-electron chi connectivity index (χ0n) is 10.8. The first kappa shape index (κ1) is 12.3. The second kappa shape index (κ2) is 4.73. The lowest BCUT2D eigenvalue weighted by molar-refractivity contribution is -0.120. The number of ether oxygens (including phenoxy) is 1. The van der Waals surface area contributed by atoms with Crippen molar-refractivity contribution in [3.8, 4) is 5.75 Å². The van der Waals surface area contributed by atoms with Crippen LogP contribution in [-0.2, 0) is 4.79 Å².